The standard InChI is InChI=1S/C15H21FN2O4/c1-9(2)13(19)15(3,4)8-17-14(20)11-7-10(16)5-6-12(11)18(21)22/h5-7,9,13,19H,8H2,1-4H3,(H,17,20). The Bertz CT molecular complexity index is 573. The minimum absolute atomic E-state index is 0.00425. The van der Waals surface area contributed by atoms with Gasteiger partial charge in [-0.3, -0.25) is 14.9 Å². The summed E-state index contributed by atoms with van der Waals surface area (Å²) >= 11 is 0. The summed E-state index contributed by atoms with van der Waals surface area (Å²) in [4.78, 5) is 22.3. The topological polar surface area (TPSA) is 92.5 Å². The van der Waals surface area contributed by atoms with Gasteiger partial charge in [-0.15, -0.1) is 0 Å². The van der Waals surface area contributed by atoms with Gasteiger partial charge in [-0.2, -0.15) is 0 Å². The molecule has 22 heavy (non-hydrogen) atoms. The highest BCUT2D eigenvalue weighted by atomic mass is 19.1. The summed E-state index contributed by atoms with van der Waals surface area (Å²) in [6, 6.07) is 2.72. The molecular formula is C15H21FN2O4. The SMILES string of the molecule is CC(C)C(O)C(C)(C)CNC(=O)c1cc(F)ccc1[N+](=O)[O-]. The molecule has 1 atom stereocenters. The first kappa shape index (κ1) is 18.0. The van der Waals surface area contributed by atoms with Crippen LogP contribution < -0.4 is 5.32 Å². The van der Waals surface area contributed by atoms with E-state index >= 15 is 0 Å². The van der Waals surface area contributed by atoms with Crippen LogP contribution in [0.5, 0.6) is 0 Å². The summed E-state index contributed by atoms with van der Waals surface area (Å²) in [6.07, 6.45) is -0.657. The molecule has 1 unspecified atom stereocenters. The van der Waals surface area contributed by atoms with Crippen molar-refractivity contribution in [1.29, 1.82) is 0 Å². The number of nitrogens with one attached hydrogen (secondary N) is 1. The smallest absolute Gasteiger partial charge is 0.282 e. The van der Waals surface area contributed by atoms with E-state index in [1.54, 1.807) is 13.8 Å². The lowest BCUT2D eigenvalue weighted by Gasteiger charge is -2.33. The number of benzene rings is 1. The van der Waals surface area contributed by atoms with E-state index in [1.807, 2.05) is 13.8 Å². The minimum Gasteiger partial charge on any atom is -0.392 e. The maximum atomic E-state index is 13.2. The number of nitro groups is 1. The van der Waals surface area contributed by atoms with Crippen LogP contribution in [0.4, 0.5) is 10.1 Å². The molecule has 0 saturated carbocycles. The molecule has 1 amide bonds. The highest BCUT2D eigenvalue weighted by Crippen LogP contribution is 2.26. The van der Waals surface area contributed by atoms with Crippen molar-refractivity contribution in [3.05, 3.63) is 39.7 Å². The first-order valence-corrected chi connectivity index (χ1v) is 6.96. The van der Waals surface area contributed by atoms with Crippen molar-refractivity contribution < 1.29 is 19.2 Å². The molecule has 0 radical (unpaired) electrons. The number of aliphatic hydroxyl groups is 1. The van der Waals surface area contributed by atoms with E-state index in [0.29, 0.717) is 0 Å². The van der Waals surface area contributed by atoms with Gasteiger partial charge in [0.25, 0.3) is 11.6 Å². The second-order valence-corrected chi connectivity index (χ2v) is 6.28. The van der Waals surface area contributed by atoms with Gasteiger partial charge in [-0.05, 0) is 18.1 Å². The number of rotatable bonds is 6. The van der Waals surface area contributed by atoms with Gasteiger partial charge >= 0.3 is 0 Å². The molecular weight excluding hydrogens is 291 g/mol. The fraction of sp³-hybridized carbons (Fsp3) is 0.533. The molecule has 0 saturated heterocycles. The number of hydrogen-bond acceptors (Lipinski definition) is 4. The van der Waals surface area contributed by atoms with E-state index in [1.165, 1.54) is 0 Å². The van der Waals surface area contributed by atoms with Crippen LogP contribution in [0, 0.1) is 27.3 Å². The van der Waals surface area contributed by atoms with Crippen LogP contribution in [-0.2, 0) is 0 Å². The second kappa shape index (κ2) is 6.83. The van der Waals surface area contributed by atoms with Crippen LogP contribution in [0.15, 0.2) is 18.2 Å². The Kier molecular flexibility index (Phi) is 5.59. The summed E-state index contributed by atoms with van der Waals surface area (Å²) in [5.41, 5.74) is -1.41. The predicted octanol–water partition coefficient (Wildman–Crippen LogP) is 2.51. The van der Waals surface area contributed by atoms with Crippen molar-refractivity contribution in [3.8, 4) is 0 Å². The highest BCUT2D eigenvalue weighted by Gasteiger charge is 2.31. The predicted molar refractivity (Wildman–Crippen MR) is 80.0 cm³/mol. The molecule has 0 aromatic heterocycles. The van der Waals surface area contributed by atoms with Crippen LogP contribution in [0.25, 0.3) is 0 Å². The van der Waals surface area contributed by atoms with E-state index in [4.69, 9.17) is 0 Å². The van der Waals surface area contributed by atoms with E-state index in [2.05, 4.69) is 5.32 Å². The number of carbonyl (C=O) groups excluding carboxylic acids is 1. The van der Waals surface area contributed by atoms with Crippen molar-refractivity contribution in [2.45, 2.75) is 33.8 Å². The van der Waals surface area contributed by atoms with Crippen LogP contribution in [-0.4, -0.2) is 28.6 Å². The third kappa shape index (κ3) is 4.24. The van der Waals surface area contributed by atoms with Crippen molar-refractivity contribution >= 4 is 11.6 Å². The Balaban J connectivity index is 2.91. The normalized spacial score (nSPS) is 13.0. The van der Waals surface area contributed by atoms with Crippen LogP contribution >= 0.6 is 0 Å². The third-order valence-electron chi connectivity index (χ3n) is 3.54. The van der Waals surface area contributed by atoms with Crippen LogP contribution in [0.3, 0.4) is 0 Å². The van der Waals surface area contributed by atoms with Crippen molar-refractivity contribution in [2.75, 3.05) is 6.54 Å². The van der Waals surface area contributed by atoms with Crippen molar-refractivity contribution in [2.24, 2.45) is 11.3 Å². The van der Waals surface area contributed by atoms with Gasteiger partial charge in [-0.25, -0.2) is 4.39 Å². The lowest BCUT2D eigenvalue weighted by atomic mass is 9.80. The van der Waals surface area contributed by atoms with Gasteiger partial charge in [0.05, 0.1) is 11.0 Å². The molecule has 2 N–H and O–H groups in total. The molecule has 122 valence electrons. The summed E-state index contributed by atoms with van der Waals surface area (Å²) < 4.78 is 13.2. The molecule has 0 bridgehead atoms. The zero-order chi connectivity index (χ0) is 17.1. The Labute approximate surface area is 128 Å². The fourth-order valence-corrected chi connectivity index (χ4v) is 2.26. The van der Waals surface area contributed by atoms with Crippen LogP contribution in [0.1, 0.15) is 38.1 Å². The number of hydrogen-bond donors (Lipinski definition) is 2. The minimum atomic E-state index is -0.741. The van der Waals surface area contributed by atoms with E-state index in [-0.39, 0.29) is 18.0 Å². The second-order valence-electron chi connectivity index (χ2n) is 6.28. The molecule has 0 aliphatic heterocycles. The zero-order valence-electron chi connectivity index (χ0n) is 13.1. The first-order valence-electron chi connectivity index (χ1n) is 6.96. The first-order chi connectivity index (χ1) is 10.1. The number of nitro benzene ring substituents is 1. The number of nitrogens with zero attached hydrogens (tertiary/aromatic N) is 1. The number of amides is 1. The largest absolute Gasteiger partial charge is 0.392 e. The molecule has 0 spiro atoms. The lowest BCUT2D eigenvalue weighted by Crippen LogP contribution is -2.43. The van der Waals surface area contributed by atoms with Crippen molar-refractivity contribution in [1.82, 2.24) is 5.32 Å². The van der Waals surface area contributed by atoms with E-state index in [0.717, 1.165) is 18.2 Å². The highest BCUT2D eigenvalue weighted by molar-refractivity contribution is 5.98. The van der Waals surface area contributed by atoms with Crippen molar-refractivity contribution in [3.63, 3.8) is 0 Å². The molecule has 7 heteroatoms. The van der Waals surface area contributed by atoms with Gasteiger partial charge in [0.2, 0.25) is 0 Å². The molecule has 0 heterocycles. The fourth-order valence-electron chi connectivity index (χ4n) is 2.26. The molecule has 1 aromatic rings. The Morgan fingerprint density at radius 2 is 2.05 bits per heavy atom. The Hall–Kier alpha value is -2.02. The van der Waals surface area contributed by atoms with Gasteiger partial charge < -0.3 is 10.4 Å². The molecule has 1 rings (SSSR count). The number of aliphatic hydroxyl groups excluding tert-OH is 1. The summed E-state index contributed by atoms with van der Waals surface area (Å²) in [6.45, 7) is 7.37. The summed E-state index contributed by atoms with van der Waals surface area (Å²) in [5, 5.41) is 23.5. The molecule has 1 aromatic carbocycles. The quantitative estimate of drug-likeness (QED) is 0.623. The molecule has 0 aliphatic carbocycles. The monoisotopic (exact) mass is 312 g/mol. The van der Waals surface area contributed by atoms with E-state index in [9.17, 15) is 24.4 Å². The Morgan fingerprint density at radius 1 is 1.45 bits per heavy atom. The van der Waals surface area contributed by atoms with Gasteiger partial charge in [0.15, 0.2) is 0 Å². The summed E-state index contributed by atoms with van der Waals surface area (Å²) in [5.74, 6) is -1.47. The molecule has 0 fully saturated rings. The number of carbonyl (C=O) groups is 1. The zero-order valence-corrected chi connectivity index (χ0v) is 13.1. The van der Waals surface area contributed by atoms with Gasteiger partial charge in [0.1, 0.15) is 11.4 Å². The summed E-state index contributed by atoms with van der Waals surface area (Å²) in [7, 11) is 0. The molecule has 6 nitrogen and oxygen atoms in total. The maximum absolute atomic E-state index is 13.2. The molecule has 0 aliphatic rings. The number of halogens is 1. The Morgan fingerprint density at radius 3 is 2.55 bits per heavy atom. The van der Waals surface area contributed by atoms with Crippen LogP contribution in [0.2, 0.25) is 0 Å². The van der Waals surface area contributed by atoms with E-state index < -0.39 is 33.9 Å². The maximum Gasteiger partial charge on any atom is 0.282 e. The van der Waals surface area contributed by atoms with Gasteiger partial charge in [0, 0.05) is 18.0 Å². The average molecular weight is 312 g/mol. The lowest BCUT2D eigenvalue weighted by molar-refractivity contribution is -0.385. The third-order valence-corrected chi connectivity index (χ3v) is 3.54. The van der Waals surface area contributed by atoms with Gasteiger partial charge in [-0.1, -0.05) is 27.7 Å². The average Bonchev–Trinajstić information content (AvgIpc) is 2.43.